The summed E-state index contributed by atoms with van der Waals surface area (Å²) >= 11 is 0. The van der Waals surface area contributed by atoms with Crippen LogP contribution in [-0.2, 0) is 18.3 Å². The number of hydrogen-bond acceptors (Lipinski definition) is 1. The molecule has 11 aromatic rings. The molecule has 0 aliphatic heterocycles. The summed E-state index contributed by atoms with van der Waals surface area (Å²) in [6.45, 7) is 43.0. The lowest BCUT2D eigenvalue weighted by molar-refractivity contribution is 0.415. The van der Waals surface area contributed by atoms with E-state index in [2.05, 4.69) is 369 Å². The third kappa shape index (κ3) is 64.6. The lowest BCUT2D eigenvalue weighted by atomic mass is 9.87. The van der Waals surface area contributed by atoms with Crippen LogP contribution in [0.5, 0.6) is 5.75 Å². The largest absolute Gasteiger partial charge is 0.497 e. The molecule has 0 radical (unpaired) electrons. The molecule has 11 aromatic carbocycles. The summed E-state index contributed by atoms with van der Waals surface area (Å²) in [5.74, 6) is 1.57. The molecule has 0 saturated carbocycles. The van der Waals surface area contributed by atoms with Gasteiger partial charge >= 0.3 is 0 Å². The molecule has 0 spiro atoms. The first kappa shape index (κ1) is 120. The highest BCUT2D eigenvalue weighted by Gasteiger charge is 2.11. The summed E-state index contributed by atoms with van der Waals surface area (Å²) in [6, 6.07) is 100. The van der Waals surface area contributed by atoms with Crippen molar-refractivity contribution in [2.45, 2.75) is 257 Å². The van der Waals surface area contributed by atoms with Crippen LogP contribution >= 0.6 is 0 Å². The maximum Gasteiger partial charge on any atom is 0.118 e. The second kappa shape index (κ2) is 73.5. The average Bonchev–Trinajstić information content (AvgIpc) is 0.892. The highest BCUT2D eigenvalue weighted by atomic mass is 16.5. The van der Waals surface area contributed by atoms with Gasteiger partial charge in [-0.2, -0.15) is 0 Å². The smallest absolute Gasteiger partial charge is 0.118 e. The maximum atomic E-state index is 4.91. The Kier molecular flexibility index (Phi) is 84.1. The first-order valence-electron chi connectivity index (χ1n) is 33.8. The van der Waals surface area contributed by atoms with Gasteiger partial charge in [-0.1, -0.05) is 466 Å². The molecule has 0 atom stereocenters. The van der Waals surface area contributed by atoms with Crippen molar-refractivity contribution in [1.82, 2.24) is 0 Å². The molecule has 0 amide bonds. The second-order valence-corrected chi connectivity index (χ2v) is 25.4. The zero-order valence-corrected chi connectivity index (χ0v) is 62.0. The minimum absolute atomic E-state index is 0. The SMILES string of the molecule is C.C.C.C.C.C.C.C.C.C.C.CC(C)(C)c1ccccc1.CC(C)c1ccccc1.CCCCc1ccccc1.CCc1ccccc1.COc1ccccc1.Cc1cc(C)cc(C)c1.Cc1ccc(C)c(C)c1.Cc1ccc(C)cc1.Cc1cccc(C)c1.Cc1ccccc1.Cc1ccccc1C. The summed E-state index contributed by atoms with van der Waals surface area (Å²) in [7, 11) is 1.66. The summed E-state index contributed by atoms with van der Waals surface area (Å²) in [4.78, 5) is 0. The number of unbranched alkanes of at least 4 members (excludes halogenated alkanes) is 1. The quantitative estimate of drug-likeness (QED) is 0.161. The van der Waals surface area contributed by atoms with Crippen LogP contribution < -0.4 is 4.74 Å². The predicted molar refractivity (Wildman–Crippen MR) is 494 cm³/mol. The first-order chi connectivity index (χ1) is 44.9. The van der Waals surface area contributed by atoms with Crippen molar-refractivity contribution in [1.29, 1.82) is 0 Å². The van der Waals surface area contributed by atoms with E-state index in [1.54, 1.807) is 7.11 Å². The van der Waals surface area contributed by atoms with Crippen molar-refractivity contribution in [2.24, 2.45) is 0 Å². The molecular formula is C104H164O. The van der Waals surface area contributed by atoms with Gasteiger partial charge in [0.1, 0.15) is 5.75 Å². The molecule has 0 fully saturated rings. The Morgan fingerprint density at radius 3 is 0.810 bits per heavy atom. The molecule has 0 heterocycles. The highest BCUT2D eigenvalue weighted by Crippen LogP contribution is 2.21. The highest BCUT2D eigenvalue weighted by molar-refractivity contribution is 5.30. The molecule has 105 heavy (non-hydrogen) atoms. The van der Waals surface area contributed by atoms with Crippen molar-refractivity contribution in [3.63, 3.8) is 0 Å². The maximum absolute atomic E-state index is 4.91. The van der Waals surface area contributed by atoms with Gasteiger partial charge in [0.05, 0.1) is 7.11 Å². The van der Waals surface area contributed by atoms with Crippen LogP contribution in [0.25, 0.3) is 0 Å². The van der Waals surface area contributed by atoms with E-state index in [9.17, 15) is 0 Å². The molecule has 0 saturated heterocycles. The Morgan fingerprint density at radius 2 is 0.562 bits per heavy atom. The van der Waals surface area contributed by atoms with Crippen molar-refractivity contribution in [3.05, 3.63) is 386 Å². The fourth-order valence-corrected chi connectivity index (χ4v) is 8.81. The van der Waals surface area contributed by atoms with Gasteiger partial charge in [-0.15, -0.1) is 0 Å². The van der Waals surface area contributed by atoms with Gasteiger partial charge in [-0.25, -0.2) is 0 Å². The van der Waals surface area contributed by atoms with Crippen LogP contribution in [0.2, 0.25) is 0 Å². The van der Waals surface area contributed by atoms with Crippen molar-refractivity contribution in [3.8, 4) is 5.75 Å². The number of para-hydroxylation sites is 1. The first-order valence-corrected chi connectivity index (χ1v) is 33.8. The van der Waals surface area contributed by atoms with E-state index in [4.69, 9.17) is 4.74 Å². The zero-order chi connectivity index (χ0) is 69.9. The van der Waals surface area contributed by atoms with Gasteiger partial charge in [0.2, 0.25) is 0 Å². The fraction of sp³-hybridized carbons (Fsp3) is 0.365. The summed E-state index contributed by atoms with van der Waals surface area (Å²) < 4.78 is 4.91. The minimum atomic E-state index is 0. The van der Waals surface area contributed by atoms with Gasteiger partial charge in [-0.05, 0) is 177 Å². The van der Waals surface area contributed by atoms with Crippen LogP contribution in [0.4, 0.5) is 0 Å². The minimum Gasteiger partial charge on any atom is -0.497 e. The van der Waals surface area contributed by atoms with Crippen molar-refractivity contribution < 1.29 is 4.74 Å². The summed E-state index contributed by atoms with van der Waals surface area (Å²) in [5.41, 5.74) is 23.5. The number of methoxy groups -OCH3 is 1. The fourth-order valence-electron chi connectivity index (χ4n) is 8.81. The molecule has 1 heteroatoms. The molecule has 11 rings (SSSR count). The Bertz CT molecular complexity index is 3390. The van der Waals surface area contributed by atoms with Crippen LogP contribution in [0.15, 0.2) is 291 Å². The van der Waals surface area contributed by atoms with E-state index < -0.39 is 0 Å². The van der Waals surface area contributed by atoms with Gasteiger partial charge in [0.25, 0.3) is 0 Å². The summed E-state index contributed by atoms with van der Waals surface area (Å²) in [5, 5.41) is 0. The Labute approximate surface area is 656 Å². The Balaban J connectivity index is -0.000000102. The topological polar surface area (TPSA) is 9.23 Å². The molecule has 0 aliphatic carbocycles. The lowest BCUT2D eigenvalue weighted by Gasteiger charge is -2.18. The predicted octanol–water partition coefficient (Wildman–Crippen LogP) is 33.9. The van der Waals surface area contributed by atoms with Crippen LogP contribution in [0, 0.1) is 90.0 Å². The number of hydrogen-bond donors (Lipinski definition) is 0. The molecule has 1 nitrogen and oxygen atoms in total. The molecular weight excluding hydrogens is 1270 g/mol. The standard InChI is InChI=1S/2C10H14.3C9H12.4C8H10.C7H8O.C7H8.11CH4/c1-10(2,3)9-7-5-4-6-8-9;1-2-3-7-10-8-5-4-6-9-10;1-7-4-8(2)6-9(3)5-7;1-7-4-5-8(2)9(3)6-7;1-8(2)9-6-4-3-5-7-9;1-7-3-5-8(2)6-4-7;1-7-4-3-5-8(2)6-7;1-7-5-3-4-6-8(7)2;1-2-8-6-4-3-5-7-8;1-8-7-5-3-2-4-6-7;1-7-5-3-2-4-6-7;;;;;;;;;;;/h4-8H,1-3H3;4-6,8-9H,2-3,7H2,1H3;2*4-6H,1-3H3;3-8H,1-2H3;3*3-6H,1-2H3;3-7H,2H2,1H3;2-6H,1H3;2-6H,1H3;11*1H4. The zero-order valence-electron chi connectivity index (χ0n) is 62.0. The van der Waals surface area contributed by atoms with Gasteiger partial charge in [0.15, 0.2) is 0 Å². The third-order valence-electron chi connectivity index (χ3n) is 14.8. The van der Waals surface area contributed by atoms with Gasteiger partial charge < -0.3 is 4.74 Å². The van der Waals surface area contributed by atoms with Crippen LogP contribution in [-0.4, -0.2) is 7.11 Å². The molecule has 586 valence electrons. The van der Waals surface area contributed by atoms with E-state index in [0.29, 0.717) is 11.3 Å². The Morgan fingerprint density at radius 1 is 0.276 bits per heavy atom. The van der Waals surface area contributed by atoms with Gasteiger partial charge in [-0.3, -0.25) is 0 Å². The van der Waals surface area contributed by atoms with E-state index in [1.165, 1.54) is 114 Å². The van der Waals surface area contributed by atoms with Crippen LogP contribution in [0.1, 0.15) is 243 Å². The van der Waals surface area contributed by atoms with E-state index in [1.807, 2.05) is 60.7 Å². The molecule has 0 aliphatic rings. The Hall–Kier alpha value is -8.78. The average molecular weight is 1430 g/mol. The third-order valence-corrected chi connectivity index (χ3v) is 14.8. The van der Waals surface area contributed by atoms with Crippen molar-refractivity contribution in [2.75, 3.05) is 7.11 Å². The molecule has 0 N–H and O–H groups in total. The normalized spacial score (nSPS) is 8.59. The van der Waals surface area contributed by atoms with E-state index in [-0.39, 0.29) is 81.7 Å². The number of rotatable bonds is 6. The van der Waals surface area contributed by atoms with Crippen molar-refractivity contribution >= 4 is 0 Å². The molecule has 0 aromatic heterocycles. The van der Waals surface area contributed by atoms with E-state index in [0.717, 1.165) is 12.2 Å². The number of benzene rings is 11. The number of aryl methyl sites for hydroxylation is 15. The molecule has 0 bridgehead atoms. The van der Waals surface area contributed by atoms with Crippen LogP contribution in [0.3, 0.4) is 0 Å². The molecule has 0 unspecified atom stereocenters. The monoisotopic (exact) mass is 1430 g/mol. The number of ether oxygens (including phenoxy) is 1. The lowest BCUT2D eigenvalue weighted by Crippen LogP contribution is -2.10. The van der Waals surface area contributed by atoms with Gasteiger partial charge in [0, 0.05) is 0 Å². The second-order valence-electron chi connectivity index (χ2n) is 25.4. The van der Waals surface area contributed by atoms with E-state index >= 15 is 0 Å². The summed E-state index contributed by atoms with van der Waals surface area (Å²) in [6.07, 6.45) is 4.97.